The Hall–Kier alpha value is -2.76. The van der Waals surface area contributed by atoms with Gasteiger partial charge >= 0.3 is 0 Å². The first kappa shape index (κ1) is 15.1. The molecular formula is C17H18N4O2. The van der Waals surface area contributed by atoms with Crippen molar-refractivity contribution in [3.63, 3.8) is 0 Å². The lowest BCUT2D eigenvalue weighted by Gasteiger charge is -2.06. The van der Waals surface area contributed by atoms with E-state index >= 15 is 0 Å². The minimum atomic E-state index is -0.127. The smallest absolute Gasteiger partial charge is 0.267 e. The summed E-state index contributed by atoms with van der Waals surface area (Å²) < 4.78 is 6.74. The van der Waals surface area contributed by atoms with Gasteiger partial charge in [-0.25, -0.2) is 4.68 Å². The maximum atomic E-state index is 12.2. The van der Waals surface area contributed by atoms with Crippen LogP contribution in [0.5, 0.6) is 0 Å². The third-order valence-electron chi connectivity index (χ3n) is 3.81. The van der Waals surface area contributed by atoms with Crippen LogP contribution in [0.3, 0.4) is 0 Å². The lowest BCUT2D eigenvalue weighted by atomic mass is 10.1. The van der Waals surface area contributed by atoms with Crippen molar-refractivity contribution < 1.29 is 4.52 Å². The number of nitrogens with zero attached hydrogens (tertiary/aromatic N) is 4. The molecule has 0 aromatic carbocycles. The van der Waals surface area contributed by atoms with Crippen molar-refractivity contribution in [1.82, 2.24) is 19.9 Å². The predicted molar refractivity (Wildman–Crippen MR) is 86.2 cm³/mol. The van der Waals surface area contributed by atoms with Gasteiger partial charge < -0.3 is 4.52 Å². The van der Waals surface area contributed by atoms with Gasteiger partial charge in [0.15, 0.2) is 0 Å². The van der Waals surface area contributed by atoms with Gasteiger partial charge in [-0.1, -0.05) is 12.1 Å². The van der Waals surface area contributed by atoms with E-state index in [0.29, 0.717) is 18.0 Å². The molecular weight excluding hydrogens is 292 g/mol. The summed E-state index contributed by atoms with van der Waals surface area (Å²) in [5.41, 5.74) is 4.14. The molecule has 23 heavy (non-hydrogen) atoms. The van der Waals surface area contributed by atoms with Crippen LogP contribution in [0.15, 0.2) is 39.9 Å². The first-order valence-electron chi connectivity index (χ1n) is 7.52. The van der Waals surface area contributed by atoms with Gasteiger partial charge in [-0.15, -0.1) is 0 Å². The molecule has 0 amide bonds. The SMILES string of the molecule is CCc1cnn(Cc2c(-c3ccc(C)nc3)noc2C)c(=O)c1. The maximum Gasteiger partial charge on any atom is 0.267 e. The van der Waals surface area contributed by atoms with Crippen molar-refractivity contribution in [3.05, 3.63) is 63.5 Å². The quantitative estimate of drug-likeness (QED) is 0.740. The summed E-state index contributed by atoms with van der Waals surface area (Å²) in [5, 5.41) is 8.35. The summed E-state index contributed by atoms with van der Waals surface area (Å²) in [6.45, 7) is 6.07. The van der Waals surface area contributed by atoms with Crippen molar-refractivity contribution in [1.29, 1.82) is 0 Å². The molecule has 0 aliphatic rings. The van der Waals surface area contributed by atoms with Crippen LogP contribution in [-0.4, -0.2) is 19.9 Å². The van der Waals surface area contributed by atoms with Gasteiger partial charge in [0.05, 0.1) is 12.7 Å². The van der Waals surface area contributed by atoms with Crippen LogP contribution in [0, 0.1) is 13.8 Å². The minimum absolute atomic E-state index is 0.127. The summed E-state index contributed by atoms with van der Waals surface area (Å²) in [5.74, 6) is 0.675. The number of pyridine rings is 1. The Labute approximate surface area is 133 Å². The van der Waals surface area contributed by atoms with Gasteiger partial charge in [0.25, 0.3) is 5.56 Å². The number of aromatic nitrogens is 4. The van der Waals surface area contributed by atoms with Crippen molar-refractivity contribution >= 4 is 0 Å². The molecule has 0 N–H and O–H groups in total. The number of rotatable bonds is 4. The fourth-order valence-corrected chi connectivity index (χ4v) is 2.35. The van der Waals surface area contributed by atoms with E-state index in [1.807, 2.05) is 32.9 Å². The molecule has 6 heteroatoms. The molecule has 3 heterocycles. The lowest BCUT2D eigenvalue weighted by molar-refractivity contribution is 0.397. The molecule has 0 aliphatic carbocycles. The fourth-order valence-electron chi connectivity index (χ4n) is 2.35. The Balaban J connectivity index is 1.99. The first-order valence-corrected chi connectivity index (χ1v) is 7.52. The maximum absolute atomic E-state index is 12.2. The van der Waals surface area contributed by atoms with Crippen LogP contribution < -0.4 is 5.56 Å². The Kier molecular flexibility index (Phi) is 4.06. The van der Waals surface area contributed by atoms with Gasteiger partial charge in [-0.2, -0.15) is 5.10 Å². The second-order valence-corrected chi connectivity index (χ2v) is 5.47. The molecule has 3 rings (SSSR count). The average Bonchev–Trinajstić information content (AvgIpc) is 2.91. The minimum Gasteiger partial charge on any atom is -0.361 e. The zero-order valence-electron chi connectivity index (χ0n) is 13.4. The van der Waals surface area contributed by atoms with E-state index in [9.17, 15) is 4.79 Å². The highest BCUT2D eigenvalue weighted by atomic mass is 16.5. The largest absolute Gasteiger partial charge is 0.361 e. The predicted octanol–water partition coefficient (Wildman–Crippen LogP) is 2.52. The van der Waals surface area contributed by atoms with E-state index in [2.05, 4.69) is 15.2 Å². The molecule has 0 aliphatic heterocycles. The van der Waals surface area contributed by atoms with E-state index in [1.54, 1.807) is 18.5 Å². The van der Waals surface area contributed by atoms with Gasteiger partial charge in [-0.05, 0) is 38.0 Å². The first-order chi connectivity index (χ1) is 11.1. The monoisotopic (exact) mass is 310 g/mol. The van der Waals surface area contributed by atoms with Crippen molar-refractivity contribution in [3.8, 4) is 11.3 Å². The Morgan fingerprint density at radius 2 is 2.04 bits per heavy atom. The zero-order valence-corrected chi connectivity index (χ0v) is 13.4. The highest BCUT2D eigenvalue weighted by Gasteiger charge is 2.16. The van der Waals surface area contributed by atoms with E-state index < -0.39 is 0 Å². The van der Waals surface area contributed by atoms with Gasteiger partial charge in [0, 0.05) is 29.1 Å². The molecule has 0 radical (unpaired) electrons. The van der Waals surface area contributed by atoms with Crippen LogP contribution >= 0.6 is 0 Å². The van der Waals surface area contributed by atoms with Gasteiger partial charge in [0.1, 0.15) is 11.5 Å². The van der Waals surface area contributed by atoms with Crippen LogP contribution in [0.1, 0.15) is 29.5 Å². The summed E-state index contributed by atoms with van der Waals surface area (Å²) in [4.78, 5) is 16.5. The second-order valence-electron chi connectivity index (χ2n) is 5.47. The lowest BCUT2D eigenvalue weighted by Crippen LogP contribution is -2.23. The summed E-state index contributed by atoms with van der Waals surface area (Å²) in [6.07, 6.45) is 4.26. The molecule has 0 bridgehead atoms. The number of hydrogen-bond donors (Lipinski definition) is 0. The van der Waals surface area contributed by atoms with Crippen molar-refractivity contribution in [2.45, 2.75) is 33.7 Å². The van der Waals surface area contributed by atoms with Crippen LogP contribution in [0.4, 0.5) is 0 Å². The van der Waals surface area contributed by atoms with E-state index in [1.165, 1.54) is 4.68 Å². The van der Waals surface area contributed by atoms with Gasteiger partial charge in [-0.3, -0.25) is 9.78 Å². The van der Waals surface area contributed by atoms with Crippen molar-refractivity contribution in [2.75, 3.05) is 0 Å². The second kappa shape index (κ2) is 6.16. The number of aryl methyl sites for hydroxylation is 3. The van der Waals surface area contributed by atoms with Gasteiger partial charge in [0.2, 0.25) is 0 Å². The Morgan fingerprint density at radius 3 is 2.70 bits per heavy atom. The molecule has 118 valence electrons. The third-order valence-corrected chi connectivity index (χ3v) is 3.81. The third kappa shape index (κ3) is 3.06. The molecule has 3 aromatic rings. The standard InChI is InChI=1S/C17H18N4O2/c1-4-13-7-16(22)21(19-8-13)10-15-12(3)23-20-17(15)14-6-5-11(2)18-9-14/h5-9H,4,10H2,1-3H3. The van der Waals surface area contributed by atoms with E-state index in [-0.39, 0.29) is 5.56 Å². The summed E-state index contributed by atoms with van der Waals surface area (Å²) >= 11 is 0. The normalized spacial score (nSPS) is 10.9. The molecule has 0 saturated heterocycles. The average molecular weight is 310 g/mol. The Bertz CT molecular complexity index is 878. The van der Waals surface area contributed by atoms with E-state index in [4.69, 9.17) is 4.52 Å². The van der Waals surface area contributed by atoms with Crippen molar-refractivity contribution in [2.24, 2.45) is 0 Å². The van der Waals surface area contributed by atoms with Crippen LogP contribution in [0.2, 0.25) is 0 Å². The number of hydrogen-bond acceptors (Lipinski definition) is 5. The van der Waals surface area contributed by atoms with Crippen LogP contribution in [-0.2, 0) is 13.0 Å². The highest BCUT2D eigenvalue weighted by Crippen LogP contribution is 2.25. The molecule has 3 aromatic heterocycles. The highest BCUT2D eigenvalue weighted by molar-refractivity contribution is 5.62. The molecule has 0 unspecified atom stereocenters. The van der Waals surface area contributed by atoms with E-state index in [0.717, 1.165) is 28.8 Å². The Morgan fingerprint density at radius 1 is 1.22 bits per heavy atom. The molecule has 0 atom stereocenters. The molecule has 6 nitrogen and oxygen atoms in total. The zero-order chi connectivity index (χ0) is 16.4. The fraction of sp³-hybridized carbons (Fsp3) is 0.294. The topological polar surface area (TPSA) is 73.8 Å². The molecule has 0 spiro atoms. The molecule has 0 fully saturated rings. The molecule has 0 saturated carbocycles. The van der Waals surface area contributed by atoms with Crippen LogP contribution in [0.25, 0.3) is 11.3 Å². The summed E-state index contributed by atoms with van der Waals surface area (Å²) in [7, 11) is 0. The summed E-state index contributed by atoms with van der Waals surface area (Å²) in [6, 6.07) is 5.48.